The van der Waals surface area contributed by atoms with Crippen molar-refractivity contribution in [1.82, 2.24) is 14.6 Å². The van der Waals surface area contributed by atoms with Crippen molar-refractivity contribution in [3.05, 3.63) is 53.9 Å². The van der Waals surface area contributed by atoms with Crippen LogP contribution in [0.4, 0.5) is 0 Å². The predicted octanol–water partition coefficient (Wildman–Crippen LogP) is 2.22. The Labute approximate surface area is 92.5 Å². The molecule has 0 aromatic carbocycles. The molecule has 0 aliphatic carbocycles. The lowest BCUT2D eigenvalue weighted by Gasteiger charge is -1.92. The van der Waals surface area contributed by atoms with Gasteiger partial charge in [-0.1, -0.05) is 6.07 Å². The molecule has 0 atom stereocenters. The second-order valence-corrected chi connectivity index (χ2v) is 3.74. The summed E-state index contributed by atoms with van der Waals surface area (Å²) in [7, 11) is 0. The summed E-state index contributed by atoms with van der Waals surface area (Å²) in [6.07, 6.45) is 4.20. The summed E-state index contributed by atoms with van der Waals surface area (Å²) in [5, 5.41) is 4.39. The molecule has 0 bridgehead atoms. The van der Waals surface area contributed by atoms with Crippen LogP contribution in [-0.2, 0) is 6.42 Å². The predicted molar refractivity (Wildman–Crippen MR) is 59.2 cm³/mol. The number of nitrogens with zero attached hydrogens (tertiary/aromatic N) is 3. The average molecular weight is 213 g/mol. The van der Waals surface area contributed by atoms with Crippen molar-refractivity contribution in [3.63, 3.8) is 0 Å². The largest absolute Gasteiger partial charge is 0.469 e. The van der Waals surface area contributed by atoms with Gasteiger partial charge in [0.15, 0.2) is 11.5 Å². The standard InChI is InChI=1S/C12H11N3O/c1-9-4-2-6-15-12(9)13-11(14-15)8-10-5-3-7-16-10/h2-7H,8H2,1H3. The van der Waals surface area contributed by atoms with Gasteiger partial charge >= 0.3 is 0 Å². The van der Waals surface area contributed by atoms with Crippen LogP contribution in [0.25, 0.3) is 5.65 Å². The Hall–Kier alpha value is -2.10. The van der Waals surface area contributed by atoms with Crippen molar-refractivity contribution in [2.45, 2.75) is 13.3 Å². The van der Waals surface area contributed by atoms with Gasteiger partial charge in [-0.25, -0.2) is 9.50 Å². The van der Waals surface area contributed by atoms with Gasteiger partial charge in [-0.3, -0.25) is 0 Å². The van der Waals surface area contributed by atoms with Gasteiger partial charge in [0.25, 0.3) is 0 Å². The number of aryl methyl sites for hydroxylation is 1. The van der Waals surface area contributed by atoms with Crippen LogP contribution in [0.3, 0.4) is 0 Å². The van der Waals surface area contributed by atoms with Crippen LogP contribution in [0, 0.1) is 6.92 Å². The third-order valence-electron chi connectivity index (χ3n) is 2.51. The van der Waals surface area contributed by atoms with E-state index < -0.39 is 0 Å². The fourth-order valence-electron chi connectivity index (χ4n) is 1.73. The van der Waals surface area contributed by atoms with Crippen LogP contribution >= 0.6 is 0 Å². The fraction of sp³-hybridized carbons (Fsp3) is 0.167. The highest BCUT2D eigenvalue weighted by molar-refractivity contribution is 5.45. The number of hydrogen-bond donors (Lipinski definition) is 0. The first-order valence-electron chi connectivity index (χ1n) is 5.16. The second kappa shape index (κ2) is 3.48. The van der Waals surface area contributed by atoms with Gasteiger partial charge in [0, 0.05) is 6.20 Å². The first-order chi connectivity index (χ1) is 7.83. The normalized spacial score (nSPS) is 11.1. The maximum absolute atomic E-state index is 5.27. The van der Waals surface area contributed by atoms with Gasteiger partial charge in [0.1, 0.15) is 5.76 Å². The quantitative estimate of drug-likeness (QED) is 0.655. The van der Waals surface area contributed by atoms with E-state index >= 15 is 0 Å². The molecule has 3 rings (SSSR count). The molecule has 3 aromatic rings. The molecule has 0 radical (unpaired) electrons. The summed E-state index contributed by atoms with van der Waals surface area (Å²) < 4.78 is 7.07. The molecule has 4 heteroatoms. The molecule has 0 spiro atoms. The van der Waals surface area contributed by atoms with E-state index in [1.54, 1.807) is 10.8 Å². The SMILES string of the molecule is Cc1cccn2nc(Cc3ccco3)nc12. The lowest BCUT2D eigenvalue weighted by molar-refractivity contribution is 0.517. The number of aromatic nitrogens is 3. The van der Waals surface area contributed by atoms with E-state index in [4.69, 9.17) is 4.42 Å². The van der Waals surface area contributed by atoms with Gasteiger partial charge in [-0.05, 0) is 30.7 Å². The summed E-state index contributed by atoms with van der Waals surface area (Å²) in [6, 6.07) is 7.79. The van der Waals surface area contributed by atoms with Crippen molar-refractivity contribution in [2.75, 3.05) is 0 Å². The topological polar surface area (TPSA) is 43.3 Å². The fourth-order valence-corrected chi connectivity index (χ4v) is 1.73. The summed E-state index contributed by atoms with van der Waals surface area (Å²) in [4.78, 5) is 4.48. The van der Waals surface area contributed by atoms with Crippen LogP contribution in [0.1, 0.15) is 17.1 Å². The molecule has 0 amide bonds. The van der Waals surface area contributed by atoms with Gasteiger partial charge in [-0.15, -0.1) is 0 Å². The van der Waals surface area contributed by atoms with E-state index in [1.165, 1.54) is 0 Å². The molecule has 4 nitrogen and oxygen atoms in total. The number of pyridine rings is 1. The third-order valence-corrected chi connectivity index (χ3v) is 2.51. The van der Waals surface area contributed by atoms with Crippen LogP contribution in [0.5, 0.6) is 0 Å². The van der Waals surface area contributed by atoms with Crippen LogP contribution in [-0.4, -0.2) is 14.6 Å². The van der Waals surface area contributed by atoms with Crippen molar-refractivity contribution < 1.29 is 4.42 Å². The van der Waals surface area contributed by atoms with E-state index in [2.05, 4.69) is 10.1 Å². The molecular weight excluding hydrogens is 202 g/mol. The Morgan fingerprint density at radius 2 is 2.25 bits per heavy atom. The van der Waals surface area contributed by atoms with Gasteiger partial charge < -0.3 is 4.42 Å². The first kappa shape index (κ1) is 9.15. The molecule has 0 saturated carbocycles. The maximum Gasteiger partial charge on any atom is 0.159 e. The molecule has 0 saturated heterocycles. The minimum Gasteiger partial charge on any atom is -0.469 e. The summed E-state index contributed by atoms with van der Waals surface area (Å²) in [6.45, 7) is 2.03. The first-order valence-corrected chi connectivity index (χ1v) is 5.16. The zero-order valence-corrected chi connectivity index (χ0v) is 8.92. The van der Waals surface area contributed by atoms with E-state index in [-0.39, 0.29) is 0 Å². The number of fused-ring (bicyclic) bond motifs is 1. The minimum absolute atomic E-state index is 0.633. The second-order valence-electron chi connectivity index (χ2n) is 3.74. The Kier molecular flexibility index (Phi) is 1.99. The van der Waals surface area contributed by atoms with Crippen LogP contribution < -0.4 is 0 Å². The van der Waals surface area contributed by atoms with Gasteiger partial charge in [0.2, 0.25) is 0 Å². The molecule has 0 fully saturated rings. The van der Waals surface area contributed by atoms with Gasteiger partial charge in [0.05, 0.1) is 12.7 Å². The lowest BCUT2D eigenvalue weighted by atomic mass is 10.3. The molecular formula is C12H11N3O. The zero-order chi connectivity index (χ0) is 11.0. The Bertz CT molecular complexity index is 610. The molecule has 3 heterocycles. The van der Waals surface area contributed by atoms with Crippen molar-refractivity contribution >= 4 is 5.65 Å². The summed E-state index contributed by atoms with van der Waals surface area (Å²) >= 11 is 0. The number of hydrogen-bond acceptors (Lipinski definition) is 3. The molecule has 3 aromatic heterocycles. The van der Waals surface area contributed by atoms with Crippen LogP contribution in [0.15, 0.2) is 41.1 Å². The highest BCUT2D eigenvalue weighted by atomic mass is 16.3. The summed E-state index contributed by atoms with van der Waals surface area (Å²) in [5.74, 6) is 1.66. The summed E-state index contributed by atoms with van der Waals surface area (Å²) in [5.41, 5.74) is 2.03. The Morgan fingerprint density at radius 1 is 1.31 bits per heavy atom. The minimum atomic E-state index is 0.633. The molecule has 0 unspecified atom stereocenters. The van der Waals surface area contributed by atoms with E-state index in [9.17, 15) is 0 Å². The van der Waals surface area contributed by atoms with E-state index in [0.717, 1.165) is 22.8 Å². The Morgan fingerprint density at radius 3 is 3.00 bits per heavy atom. The number of furan rings is 1. The van der Waals surface area contributed by atoms with Gasteiger partial charge in [-0.2, -0.15) is 5.10 Å². The third kappa shape index (κ3) is 1.48. The van der Waals surface area contributed by atoms with Crippen LogP contribution in [0.2, 0.25) is 0 Å². The lowest BCUT2D eigenvalue weighted by Crippen LogP contribution is -1.90. The van der Waals surface area contributed by atoms with E-state index in [0.29, 0.717) is 6.42 Å². The average Bonchev–Trinajstić information content (AvgIpc) is 2.88. The zero-order valence-electron chi connectivity index (χ0n) is 8.92. The smallest absolute Gasteiger partial charge is 0.159 e. The van der Waals surface area contributed by atoms with Crippen molar-refractivity contribution in [1.29, 1.82) is 0 Å². The monoisotopic (exact) mass is 213 g/mol. The highest BCUT2D eigenvalue weighted by Gasteiger charge is 2.07. The van der Waals surface area contributed by atoms with Crippen molar-refractivity contribution in [2.24, 2.45) is 0 Å². The highest BCUT2D eigenvalue weighted by Crippen LogP contribution is 2.10. The molecule has 0 aliphatic rings. The molecule has 80 valence electrons. The molecule has 0 N–H and O–H groups in total. The Balaban J connectivity index is 2.02. The van der Waals surface area contributed by atoms with Crippen molar-refractivity contribution in [3.8, 4) is 0 Å². The maximum atomic E-state index is 5.27. The molecule has 0 aliphatic heterocycles. The number of rotatable bonds is 2. The van der Waals surface area contributed by atoms with E-state index in [1.807, 2.05) is 37.4 Å². The molecule has 16 heavy (non-hydrogen) atoms.